The molecule has 2 atom stereocenters. The number of carbonyl (C=O) groups excluding carboxylic acids is 1. The number of hydrogen-bond donors (Lipinski definition) is 3. The predicted molar refractivity (Wildman–Crippen MR) is 136 cm³/mol. The van der Waals surface area contributed by atoms with E-state index >= 15 is 0 Å². The molecule has 3 N–H and O–H groups in total. The Morgan fingerprint density at radius 1 is 1.06 bits per heavy atom. The summed E-state index contributed by atoms with van der Waals surface area (Å²) < 4.78 is 29.3. The van der Waals surface area contributed by atoms with E-state index in [1.165, 1.54) is 6.07 Å². The van der Waals surface area contributed by atoms with E-state index in [0.717, 1.165) is 16.9 Å². The smallest absolute Gasteiger partial charge is 0.325 e. The second kappa shape index (κ2) is 9.73. The van der Waals surface area contributed by atoms with E-state index in [1.807, 2.05) is 6.92 Å². The maximum atomic E-state index is 13.4. The number of benzene rings is 2. The van der Waals surface area contributed by atoms with Gasteiger partial charge in [0.05, 0.1) is 0 Å². The van der Waals surface area contributed by atoms with Gasteiger partial charge >= 0.3 is 5.97 Å². The van der Waals surface area contributed by atoms with E-state index < -0.39 is 26.9 Å². The number of aliphatic carboxylic acids is 1. The number of carbonyl (C=O) groups is 2. The van der Waals surface area contributed by atoms with Gasteiger partial charge in [-0.25, -0.2) is 8.42 Å². The van der Waals surface area contributed by atoms with Gasteiger partial charge in [0, 0.05) is 28.3 Å². The Labute approximate surface area is 213 Å². The largest absolute Gasteiger partial charge is 0.480 e. The zero-order chi connectivity index (χ0) is 25.3. The minimum atomic E-state index is -4.17. The number of amides is 1. The SMILES string of the molecule is CCCC(=O)NC[C@@]1(c2ccccc2)C[C@]1(NS(=O)(=O)c1ccc(-c2ccc(Cl)cc2)s1)C(=O)O. The summed E-state index contributed by atoms with van der Waals surface area (Å²) in [6, 6.07) is 19.0. The van der Waals surface area contributed by atoms with Crippen LogP contribution < -0.4 is 10.0 Å². The highest BCUT2D eigenvalue weighted by Gasteiger charge is 2.74. The zero-order valence-corrected chi connectivity index (χ0v) is 21.3. The fourth-order valence-electron chi connectivity index (χ4n) is 4.37. The lowest BCUT2D eigenvalue weighted by Crippen LogP contribution is -2.51. The quantitative estimate of drug-likeness (QED) is 0.357. The average molecular weight is 533 g/mol. The van der Waals surface area contributed by atoms with Crippen LogP contribution in [0.2, 0.25) is 5.02 Å². The van der Waals surface area contributed by atoms with Gasteiger partial charge in [-0.3, -0.25) is 9.59 Å². The molecule has 0 radical (unpaired) electrons. The first kappa shape index (κ1) is 25.4. The number of hydrogen-bond acceptors (Lipinski definition) is 5. The van der Waals surface area contributed by atoms with Crippen LogP contribution in [0, 0.1) is 0 Å². The lowest BCUT2D eigenvalue weighted by molar-refractivity contribution is -0.141. The molecule has 2 aromatic carbocycles. The molecule has 1 heterocycles. The van der Waals surface area contributed by atoms with Gasteiger partial charge in [-0.05, 0) is 48.2 Å². The molecule has 3 aromatic rings. The third-order valence-electron chi connectivity index (χ3n) is 6.30. The van der Waals surface area contributed by atoms with Crippen LogP contribution in [0.5, 0.6) is 0 Å². The van der Waals surface area contributed by atoms with E-state index in [-0.39, 0.29) is 23.1 Å². The number of nitrogens with one attached hydrogen (secondary N) is 2. The zero-order valence-electron chi connectivity index (χ0n) is 19.0. The van der Waals surface area contributed by atoms with Crippen LogP contribution in [0.3, 0.4) is 0 Å². The summed E-state index contributed by atoms with van der Waals surface area (Å²) in [5.41, 5.74) is -1.46. The minimum Gasteiger partial charge on any atom is -0.480 e. The normalized spacial score (nSPS) is 21.4. The van der Waals surface area contributed by atoms with E-state index in [2.05, 4.69) is 10.0 Å². The average Bonchev–Trinajstić information content (AvgIpc) is 3.21. The van der Waals surface area contributed by atoms with Crippen LogP contribution in [0.15, 0.2) is 70.9 Å². The molecule has 0 saturated heterocycles. The van der Waals surface area contributed by atoms with Crippen LogP contribution in [0.4, 0.5) is 0 Å². The molecule has 1 aliphatic carbocycles. The Bertz CT molecular complexity index is 1340. The maximum Gasteiger partial charge on any atom is 0.325 e. The molecule has 35 heavy (non-hydrogen) atoms. The summed E-state index contributed by atoms with van der Waals surface area (Å²) in [5, 5.41) is 13.6. The Kier molecular flexibility index (Phi) is 7.06. The van der Waals surface area contributed by atoms with Crippen molar-refractivity contribution < 1.29 is 23.1 Å². The molecule has 184 valence electrons. The summed E-state index contributed by atoms with van der Waals surface area (Å²) in [4.78, 5) is 25.5. The van der Waals surface area contributed by atoms with Crippen LogP contribution >= 0.6 is 22.9 Å². The Hall–Kier alpha value is -2.72. The van der Waals surface area contributed by atoms with Gasteiger partial charge in [0.25, 0.3) is 10.0 Å². The number of carboxylic acid groups (broad SMARTS) is 1. The molecule has 1 aromatic heterocycles. The summed E-state index contributed by atoms with van der Waals surface area (Å²) in [7, 11) is -4.17. The molecule has 0 spiro atoms. The molecule has 1 aliphatic rings. The number of halogens is 1. The number of rotatable bonds is 10. The second-order valence-corrected chi connectivity index (χ2v) is 12.0. The van der Waals surface area contributed by atoms with Crippen molar-refractivity contribution in [2.75, 3.05) is 6.54 Å². The van der Waals surface area contributed by atoms with Crippen molar-refractivity contribution in [1.29, 1.82) is 0 Å². The topological polar surface area (TPSA) is 113 Å². The third kappa shape index (κ3) is 4.86. The molecule has 7 nitrogen and oxygen atoms in total. The minimum absolute atomic E-state index is 0.00509. The third-order valence-corrected chi connectivity index (χ3v) is 9.67. The summed E-state index contributed by atoms with van der Waals surface area (Å²) in [6.45, 7) is 1.88. The van der Waals surface area contributed by atoms with Gasteiger partial charge in [-0.2, -0.15) is 4.72 Å². The Balaban J connectivity index is 1.66. The lowest BCUT2D eigenvalue weighted by Gasteiger charge is -2.25. The highest BCUT2D eigenvalue weighted by molar-refractivity contribution is 7.91. The lowest BCUT2D eigenvalue weighted by atomic mass is 9.90. The fourth-order valence-corrected chi connectivity index (χ4v) is 7.23. The van der Waals surface area contributed by atoms with Gasteiger partial charge in [0.2, 0.25) is 5.91 Å². The van der Waals surface area contributed by atoms with Crippen molar-refractivity contribution in [2.45, 2.75) is 41.3 Å². The monoisotopic (exact) mass is 532 g/mol. The van der Waals surface area contributed by atoms with Gasteiger partial charge < -0.3 is 10.4 Å². The molecule has 0 bridgehead atoms. The van der Waals surface area contributed by atoms with Crippen molar-refractivity contribution in [1.82, 2.24) is 10.0 Å². The van der Waals surface area contributed by atoms with Crippen molar-refractivity contribution in [3.8, 4) is 10.4 Å². The molecular formula is C25H25ClN2O5S2. The van der Waals surface area contributed by atoms with E-state index in [1.54, 1.807) is 60.7 Å². The Morgan fingerprint density at radius 3 is 2.37 bits per heavy atom. The molecule has 0 aliphatic heterocycles. The molecule has 1 amide bonds. The van der Waals surface area contributed by atoms with Crippen LogP contribution in [-0.4, -0.2) is 37.5 Å². The fraction of sp³-hybridized carbons (Fsp3) is 0.280. The standard InChI is InChI=1S/C25H25ClN2O5S2/c1-2-6-21(29)27-16-24(18-7-4-3-5-8-18)15-25(24,23(30)31)28-35(32,33)22-14-13-20(34-22)17-9-11-19(26)12-10-17/h3-5,7-14,28H,2,6,15-16H2,1H3,(H,27,29)(H,30,31)/t24-,25+/m1/s1. The molecule has 10 heteroatoms. The van der Waals surface area contributed by atoms with E-state index in [4.69, 9.17) is 11.6 Å². The molecule has 1 saturated carbocycles. The van der Waals surface area contributed by atoms with Crippen LogP contribution in [0.1, 0.15) is 31.7 Å². The first-order valence-electron chi connectivity index (χ1n) is 11.1. The molecule has 4 rings (SSSR count). The molecule has 1 fully saturated rings. The first-order valence-corrected chi connectivity index (χ1v) is 13.8. The van der Waals surface area contributed by atoms with Crippen molar-refractivity contribution in [3.05, 3.63) is 77.3 Å². The van der Waals surface area contributed by atoms with Crippen molar-refractivity contribution in [3.63, 3.8) is 0 Å². The molecule has 0 unspecified atom stereocenters. The number of thiophene rings is 1. The van der Waals surface area contributed by atoms with Gasteiger partial charge in [-0.15, -0.1) is 11.3 Å². The molecular weight excluding hydrogens is 508 g/mol. The summed E-state index contributed by atoms with van der Waals surface area (Å²) >= 11 is 6.99. The summed E-state index contributed by atoms with van der Waals surface area (Å²) in [6.07, 6.45) is 0.967. The Morgan fingerprint density at radius 2 is 1.74 bits per heavy atom. The van der Waals surface area contributed by atoms with Crippen LogP contribution in [0.25, 0.3) is 10.4 Å². The second-order valence-electron chi connectivity index (χ2n) is 8.59. The first-order chi connectivity index (χ1) is 16.6. The van der Waals surface area contributed by atoms with E-state index in [9.17, 15) is 23.1 Å². The van der Waals surface area contributed by atoms with Gasteiger partial charge in [0.1, 0.15) is 9.75 Å². The van der Waals surface area contributed by atoms with Gasteiger partial charge in [0.15, 0.2) is 0 Å². The summed E-state index contributed by atoms with van der Waals surface area (Å²) in [5.74, 6) is -1.49. The van der Waals surface area contributed by atoms with Crippen molar-refractivity contribution >= 4 is 44.8 Å². The van der Waals surface area contributed by atoms with Gasteiger partial charge in [-0.1, -0.05) is 61.0 Å². The maximum absolute atomic E-state index is 13.4. The number of sulfonamides is 1. The highest BCUT2D eigenvalue weighted by atomic mass is 35.5. The van der Waals surface area contributed by atoms with Crippen LogP contribution in [-0.2, 0) is 25.0 Å². The van der Waals surface area contributed by atoms with Crippen molar-refractivity contribution in [2.24, 2.45) is 0 Å². The predicted octanol–water partition coefficient (Wildman–Crippen LogP) is 4.43. The number of carboxylic acids is 1. The highest BCUT2D eigenvalue weighted by Crippen LogP contribution is 2.58. The van der Waals surface area contributed by atoms with E-state index in [0.29, 0.717) is 28.3 Å².